The monoisotopic (exact) mass is 311 g/mol. The predicted octanol–water partition coefficient (Wildman–Crippen LogP) is 4.58. The molecule has 2 heteroatoms. The molecule has 0 saturated carbocycles. The molecular formula is C21H29NO. The third-order valence-electron chi connectivity index (χ3n) is 4.95. The Morgan fingerprint density at radius 1 is 1.22 bits per heavy atom. The molecule has 2 nitrogen and oxygen atoms in total. The molecule has 0 aliphatic carbocycles. The van der Waals surface area contributed by atoms with Gasteiger partial charge in [-0.2, -0.15) is 0 Å². The molecule has 2 fully saturated rings. The van der Waals surface area contributed by atoms with Gasteiger partial charge in [0.1, 0.15) is 0 Å². The number of ether oxygens (including phenoxy) is 1. The molecule has 23 heavy (non-hydrogen) atoms. The normalized spacial score (nSPS) is 27.6. The van der Waals surface area contributed by atoms with Gasteiger partial charge < -0.3 is 4.74 Å². The molecule has 2 heterocycles. The number of nitrogens with zero attached hydrogens (tertiary/aromatic N) is 1. The first-order valence-electron chi connectivity index (χ1n) is 9.04. The minimum Gasteiger partial charge on any atom is -0.373 e. The van der Waals surface area contributed by atoms with Gasteiger partial charge in [0.25, 0.3) is 0 Å². The zero-order valence-electron chi connectivity index (χ0n) is 14.1. The first-order valence-corrected chi connectivity index (χ1v) is 9.04. The highest BCUT2D eigenvalue weighted by molar-refractivity contribution is 5.16. The molecular weight excluding hydrogens is 282 g/mol. The largest absolute Gasteiger partial charge is 0.373 e. The maximum absolute atomic E-state index is 5.26. The van der Waals surface area contributed by atoms with Gasteiger partial charge in [-0.05, 0) is 37.2 Å². The Morgan fingerprint density at radius 2 is 2.04 bits per heavy atom. The van der Waals surface area contributed by atoms with Gasteiger partial charge in [0.05, 0.1) is 12.7 Å². The molecule has 1 aromatic carbocycles. The molecule has 2 aliphatic rings. The van der Waals surface area contributed by atoms with Crippen LogP contribution in [0, 0.1) is 5.92 Å². The van der Waals surface area contributed by atoms with Crippen molar-refractivity contribution >= 4 is 0 Å². The van der Waals surface area contributed by atoms with Crippen LogP contribution in [-0.2, 0) is 11.3 Å². The Labute approximate surface area is 140 Å². The van der Waals surface area contributed by atoms with Crippen LogP contribution in [0.2, 0.25) is 0 Å². The first-order chi connectivity index (χ1) is 11.3. The standard InChI is InChI=1S/C21H29NO/c1-2-18-14-20(12-8-3-4-9-13-21-17-23-21)22(15-18)16-19-10-6-5-7-11-19/h2,5-8,10-12,18,20-21H,1,3-4,9,13-17H2/b12-8+/t18-,20+,21?/m0/s1. The van der Waals surface area contributed by atoms with Gasteiger partial charge in [0.15, 0.2) is 0 Å². The van der Waals surface area contributed by atoms with Crippen molar-refractivity contribution in [2.75, 3.05) is 13.2 Å². The molecule has 0 amide bonds. The summed E-state index contributed by atoms with van der Waals surface area (Å²) in [5.41, 5.74) is 1.40. The Balaban J connectivity index is 1.46. The molecule has 1 unspecified atom stereocenters. The van der Waals surface area contributed by atoms with Crippen LogP contribution in [0.3, 0.4) is 0 Å². The van der Waals surface area contributed by atoms with E-state index >= 15 is 0 Å². The van der Waals surface area contributed by atoms with Crippen LogP contribution in [0.1, 0.15) is 37.7 Å². The molecule has 2 saturated heterocycles. The average molecular weight is 311 g/mol. The average Bonchev–Trinajstić information content (AvgIpc) is 3.33. The van der Waals surface area contributed by atoms with Crippen molar-refractivity contribution < 1.29 is 4.74 Å². The third kappa shape index (κ3) is 5.33. The second-order valence-corrected chi connectivity index (χ2v) is 6.88. The first kappa shape index (κ1) is 16.5. The molecule has 0 aromatic heterocycles. The molecule has 0 N–H and O–H groups in total. The van der Waals surface area contributed by atoms with Crippen LogP contribution >= 0.6 is 0 Å². The fourth-order valence-electron chi connectivity index (χ4n) is 3.46. The van der Waals surface area contributed by atoms with E-state index in [-0.39, 0.29) is 0 Å². The van der Waals surface area contributed by atoms with E-state index in [0.717, 1.165) is 19.7 Å². The summed E-state index contributed by atoms with van der Waals surface area (Å²) in [5.74, 6) is 0.625. The maximum atomic E-state index is 5.26. The highest BCUT2D eigenvalue weighted by Crippen LogP contribution is 2.27. The highest BCUT2D eigenvalue weighted by atomic mass is 16.6. The number of unbranched alkanes of at least 4 members (excludes halogenated alkanes) is 2. The molecule has 3 rings (SSSR count). The summed E-state index contributed by atoms with van der Waals surface area (Å²) in [4.78, 5) is 2.59. The smallest absolute Gasteiger partial charge is 0.0810 e. The number of rotatable bonds is 9. The summed E-state index contributed by atoms with van der Waals surface area (Å²) in [6.07, 6.45) is 13.8. The summed E-state index contributed by atoms with van der Waals surface area (Å²) in [5, 5.41) is 0. The quantitative estimate of drug-likeness (QED) is 0.377. The minimum atomic E-state index is 0.560. The van der Waals surface area contributed by atoms with Crippen molar-refractivity contribution in [1.82, 2.24) is 4.90 Å². The van der Waals surface area contributed by atoms with Crippen molar-refractivity contribution in [3.63, 3.8) is 0 Å². The van der Waals surface area contributed by atoms with Gasteiger partial charge in [-0.3, -0.25) is 4.90 Å². The Kier molecular flexibility index (Phi) is 6.06. The van der Waals surface area contributed by atoms with E-state index in [1.165, 1.54) is 37.7 Å². The molecule has 3 atom stereocenters. The van der Waals surface area contributed by atoms with Crippen LogP contribution in [-0.4, -0.2) is 30.2 Å². The topological polar surface area (TPSA) is 15.8 Å². The number of allylic oxidation sites excluding steroid dienone is 1. The van der Waals surface area contributed by atoms with Gasteiger partial charge in [0.2, 0.25) is 0 Å². The summed E-state index contributed by atoms with van der Waals surface area (Å²) >= 11 is 0. The third-order valence-corrected chi connectivity index (χ3v) is 4.95. The second-order valence-electron chi connectivity index (χ2n) is 6.88. The lowest BCUT2D eigenvalue weighted by molar-refractivity contribution is 0.278. The Morgan fingerprint density at radius 3 is 2.78 bits per heavy atom. The van der Waals surface area contributed by atoms with Crippen LogP contribution in [0.4, 0.5) is 0 Å². The lowest BCUT2D eigenvalue weighted by Gasteiger charge is -2.22. The summed E-state index contributed by atoms with van der Waals surface area (Å²) < 4.78 is 5.26. The van der Waals surface area contributed by atoms with Crippen molar-refractivity contribution in [2.45, 2.75) is 50.8 Å². The van der Waals surface area contributed by atoms with E-state index in [9.17, 15) is 0 Å². The zero-order valence-corrected chi connectivity index (χ0v) is 14.1. The van der Waals surface area contributed by atoms with Gasteiger partial charge in [-0.1, -0.05) is 55.0 Å². The van der Waals surface area contributed by atoms with E-state index in [1.54, 1.807) is 0 Å². The summed E-state index contributed by atoms with van der Waals surface area (Å²) in [6.45, 7) is 7.17. The Hall–Kier alpha value is -1.38. The van der Waals surface area contributed by atoms with E-state index in [0.29, 0.717) is 18.1 Å². The van der Waals surface area contributed by atoms with Crippen LogP contribution in [0.5, 0.6) is 0 Å². The highest BCUT2D eigenvalue weighted by Gasteiger charge is 2.28. The number of benzene rings is 1. The van der Waals surface area contributed by atoms with E-state index in [4.69, 9.17) is 4.74 Å². The maximum Gasteiger partial charge on any atom is 0.0810 e. The van der Waals surface area contributed by atoms with Crippen LogP contribution < -0.4 is 0 Å². The molecule has 0 radical (unpaired) electrons. The SMILES string of the molecule is C=C[C@H]1C[C@@H](/C=C/CCCCC2CO2)N(Cc2ccccc2)C1. The van der Waals surface area contributed by atoms with Crippen molar-refractivity contribution in [1.29, 1.82) is 0 Å². The van der Waals surface area contributed by atoms with Crippen LogP contribution in [0.15, 0.2) is 55.1 Å². The van der Waals surface area contributed by atoms with E-state index in [1.807, 2.05) is 0 Å². The molecule has 124 valence electrons. The molecule has 0 spiro atoms. The van der Waals surface area contributed by atoms with Gasteiger partial charge in [-0.25, -0.2) is 0 Å². The van der Waals surface area contributed by atoms with E-state index in [2.05, 4.69) is 60.0 Å². The van der Waals surface area contributed by atoms with Gasteiger partial charge in [-0.15, -0.1) is 6.58 Å². The number of likely N-dealkylation sites (tertiary alicyclic amines) is 1. The molecule has 1 aromatic rings. The van der Waals surface area contributed by atoms with Gasteiger partial charge in [0, 0.05) is 19.1 Å². The van der Waals surface area contributed by atoms with Crippen molar-refractivity contribution in [3.05, 3.63) is 60.7 Å². The number of epoxide rings is 1. The van der Waals surface area contributed by atoms with Crippen LogP contribution in [0.25, 0.3) is 0 Å². The minimum absolute atomic E-state index is 0.560. The van der Waals surface area contributed by atoms with Gasteiger partial charge >= 0.3 is 0 Å². The van der Waals surface area contributed by atoms with Crippen molar-refractivity contribution in [3.8, 4) is 0 Å². The van der Waals surface area contributed by atoms with Crippen molar-refractivity contribution in [2.24, 2.45) is 5.92 Å². The lowest BCUT2D eigenvalue weighted by Crippen LogP contribution is -2.27. The molecule has 2 aliphatic heterocycles. The summed E-state index contributed by atoms with van der Waals surface area (Å²) in [6, 6.07) is 11.4. The van der Waals surface area contributed by atoms with E-state index < -0.39 is 0 Å². The fraction of sp³-hybridized carbons (Fsp3) is 0.524. The molecule has 0 bridgehead atoms. The predicted molar refractivity (Wildman–Crippen MR) is 96.3 cm³/mol. The summed E-state index contributed by atoms with van der Waals surface area (Å²) in [7, 11) is 0. The zero-order chi connectivity index (χ0) is 15.9. The number of hydrogen-bond acceptors (Lipinski definition) is 2. The fourth-order valence-corrected chi connectivity index (χ4v) is 3.46. The second kappa shape index (κ2) is 8.47. The Bertz CT molecular complexity index is 506. The number of hydrogen-bond donors (Lipinski definition) is 0. The lowest BCUT2D eigenvalue weighted by atomic mass is 10.1.